The number of aromatic nitrogens is 2. The van der Waals surface area contributed by atoms with E-state index in [1.165, 1.54) is 0 Å². The van der Waals surface area contributed by atoms with E-state index >= 15 is 0 Å². The molecule has 3 aromatic rings. The Labute approximate surface area is 119 Å². The molecule has 0 amide bonds. The molecule has 0 saturated carbocycles. The zero-order valence-electron chi connectivity index (χ0n) is 8.57. The number of hydrogen-bond donors (Lipinski definition) is 1. The third kappa shape index (κ3) is 1.95. The number of aromatic amines is 1. The van der Waals surface area contributed by atoms with Crippen molar-refractivity contribution < 1.29 is 32.7 Å². The number of pyridine rings is 1. The van der Waals surface area contributed by atoms with E-state index in [-0.39, 0.29) is 32.7 Å². The van der Waals surface area contributed by atoms with Gasteiger partial charge in [0.2, 0.25) is 0 Å². The third-order valence-electron chi connectivity index (χ3n) is 2.42. The Morgan fingerprint density at radius 3 is 2.81 bits per heavy atom. The van der Waals surface area contributed by atoms with Gasteiger partial charge in [-0.15, -0.1) is 23.8 Å². The van der Waals surface area contributed by atoms with Gasteiger partial charge in [-0.3, -0.25) is 0 Å². The van der Waals surface area contributed by atoms with Crippen molar-refractivity contribution in [3.8, 4) is 11.1 Å². The topological polar surface area (TPSA) is 28.7 Å². The van der Waals surface area contributed by atoms with Crippen LogP contribution >= 0.6 is 0 Å². The van der Waals surface area contributed by atoms with E-state index in [1.54, 1.807) is 0 Å². The number of hydrogen-bond acceptors (Lipinski definition) is 1. The summed E-state index contributed by atoms with van der Waals surface area (Å²) in [5.41, 5.74) is 1.99. The monoisotopic (exact) mass is 281 g/mol. The first-order valence-electron chi connectivity index (χ1n) is 4.76. The van der Waals surface area contributed by atoms with Crippen LogP contribution in [0.4, 0.5) is 0 Å². The molecule has 1 aromatic carbocycles. The van der Waals surface area contributed by atoms with E-state index in [0.717, 1.165) is 21.9 Å². The summed E-state index contributed by atoms with van der Waals surface area (Å²) >= 11 is 0. The fourth-order valence-corrected chi connectivity index (χ4v) is 1.70. The summed E-state index contributed by atoms with van der Waals surface area (Å²) in [6.45, 7) is 0. The molecule has 1 radical (unpaired) electrons. The summed E-state index contributed by atoms with van der Waals surface area (Å²) in [6.07, 6.45) is 9.74. The minimum Gasteiger partial charge on any atom is -0.462 e. The first-order chi connectivity index (χ1) is 7.45. The van der Waals surface area contributed by atoms with Crippen molar-refractivity contribution in [1.29, 1.82) is 0 Å². The molecular formula is C13H8N2Y-2. The summed E-state index contributed by atoms with van der Waals surface area (Å²) in [5, 5.41) is 2.28. The smallest absolute Gasteiger partial charge is 0 e. The molecule has 0 bridgehead atoms. The molecule has 0 atom stereocenters. The van der Waals surface area contributed by atoms with Gasteiger partial charge in [0.1, 0.15) is 0 Å². The Kier molecular flexibility index (Phi) is 3.52. The number of H-pyrrole nitrogens is 1. The fraction of sp³-hybridized carbons (Fsp3) is 0. The van der Waals surface area contributed by atoms with Gasteiger partial charge in [-0.2, -0.15) is 5.56 Å². The maximum Gasteiger partial charge on any atom is 0 e. The summed E-state index contributed by atoms with van der Waals surface area (Å²) in [5.74, 6) is 0. The van der Waals surface area contributed by atoms with Crippen molar-refractivity contribution in [2.24, 2.45) is 0 Å². The van der Waals surface area contributed by atoms with Crippen LogP contribution in [0.5, 0.6) is 0 Å². The summed E-state index contributed by atoms with van der Waals surface area (Å²) in [6, 6.07) is 10.1. The zero-order valence-corrected chi connectivity index (χ0v) is 11.4. The fourth-order valence-electron chi connectivity index (χ4n) is 1.70. The number of fused-ring (bicyclic) bond motifs is 1. The van der Waals surface area contributed by atoms with Crippen LogP contribution in [0, 0.1) is 12.4 Å². The van der Waals surface area contributed by atoms with Crippen molar-refractivity contribution >= 4 is 10.8 Å². The molecule has 16 heavy (non-hydrogen) atoms. The van der Waals surface area contributed by atoms with E-state index in [1.807, 2.05) is 36.7 Å². The maximum absolute atomic E-state index is 4.11. The van der Waals surface area contributed by atoms with Gasteiger partial charge in [0, 0.05) is 32.7 Å². The van der Waals surface area contributed by atoms with Crippen LogP contribution in [0.3, 0.4) is 0 Å². The van der Waals surface area contributed by atoms with Gasteiger partial charge in [-0.1, -0.05) is 36.0 Å². The number of benzene rings is 1. The second kappa shape index (κ2) is 4.90. The van der Waals surface area contributed by atoms with Crippen LogP contribution in [0.15, 0.2) is 42.7 Å². The first kappa shape index (κ1) is 11.5. The van der Waals surface area contributed by atoms with Gasteiger partial charge in [-0.05, 0) is 0 Å². The van der Waals surface area contributed by atoms with Gasteiger partial charge in [-0.25, -0.2) is 11.6 Å². The van der Waals surface area contributed by atoms with Crippen molar-refractivity contribution in [3.63, 3.8) is 0 Å². The summed E-state index contributed by atoms with van der Waals surface area (Å²) in [7, 11) is 0. The van der Waals surface area contributed by atoms with Gasteiger partial charge in [0.15, 0.2) is 0 Å². The molecule has 1 N–H and O–H groups in total. The Bertz CT molecular complexity index is 582. The van der Waals surface area contributed by atoms with Crippen LogP contribution in [-0.2, 0) is 32.7 Å². The van der Waals surface area contributed by atoms with Crippen molar-refractivity contribution in [3.05, 3.63) is 55.1 Å². The normalized spacial score (nSPS) is 10.0. The molecule has 0 saturated heterocycles. The Balaban J connectivity index is 0.000000963. The molecule has 0 fully saturated rings. The predicted octanol–water partition coefficient (Wildman–Crippen LogP) is 2.83. The quantitative estimate of drug-likeness (QED) is 0.683. The molecule has 0 aliphatic rings. The van der Waals surface area contributed by atoms with Gasteiger partial charge in [0.05, 0.1) is 0 Å². The predicted molar refractivity (Wildman–Crippen MR) is 59.2 cm³/mol. The third-order valence-corrected chi connectivity index (χ3v) is 2.42. The van der Waals surface area contributed by atoms with Crippen LogP contribution in [-0.4, -0.2) is 9.97 Å². The second-order valence-corrected chi connectivity index (χ2v) is 3.35. The molecule has 2 nitrogen and oxygen atoms in total. The Morgan fingerprint density at radius 2 is 2.00 bits per heavy atom. The van der Waals surface area contributed by atoms with E-state index in [0.29, 0.717) is 0 Å². The van der Waals surface area contributed by atoms with E-state index in [9.17, 15) is 0 Å². The standard InChI is InChI=1S/C13H8N2.Y/c1-2-4-12-10(3-1)8-15-9-13(12)11-5-6-14-7-11;/h1-6,8,14H;/q-2;. The average Bonchev–Trinajstić information content (AvgIpc) is 2.82. The van der Waals surface area contributed by atoms with Crippen LogP contribution in [0.2, 0.25) is 0 Å². The van der Waals surface area contributed by atoms with Crippen molar-refractivity contribution in [2.45, 2.75) is 0 Å². The SMILES string of the molecule is [Y].[c-]1[nH]ccc1-c1[c-]ncc2ccccc12. The number of nitrogens with one attached hydrogen (secondary N) is 1. The van der Waals surface area contributed by atoms with Crippen molar-refractivity contribution in [1.82, 2.24) is 9.97 Å². The zero-order chi connectivity index (χ0) is 10.1. The molecule has 3 rings (SSSR count). The number of rotatable bonds is 1. The van der Waals surface area contributed by atoms with Crippen LogP contribution < -0.4 is 0 Å². The van der Waals surface area contributed by atoms with E-state index in [2.05, 4.69) is 28.4 Å². The summed E-state index contributed by atoms with van der Waals surface area (Å²) in [4.78, 5) is 7.03. The van der Waals surface area contributed by atoms with Crippen molar-refractivity contribution in [2.75, 3.05) is 0 Å². The number of nitrogens with zero attached hydrogens (tertiary/aromatic N) is 1. The molecule has 0 spiro atoms. The molecule has 75 valence electrons. The average molecular weight is 281 g/mol. The first-order valence-corrected chi connectivity index (χ1v) is 4.76. The Morgan fingerprint density at radius 1 is 1.12 bits per heavy atom. The maximum atomic E-state index is 4.11. The minimum atomic E-state index is 0. The minimum absolute atomic E-state index is 0. The van der Waals surface area contributed by atoms with Crippen LogP contribution in [0.1, 0.15) is 0 Å². The second-order valence-electron chi connectivity index (χ2n) is 3.35. The molecule has 0 aliphatic heterocycles. The largest absolute Gasteiger partial charge is 0.462 e. The van der Waals surface area contributed by atoms with E-state index < -0.39 is 0 Å². The van der Waals surface area contributed by atoms with Gasteiger partial charge >= 0.3 is 0 Å². The van der Waals surface area contributed by atoms with Gasteiger partial charge < -0.3 is 9.97 Å². The summed E-state index contributed by atoms with van der Waals surface area (Å²) < 4.78 is 0. The molecular weight excluding hydrogens is 273 g/mol. The molecule has 2 heterocycles. The Hall–Kier alpha value is -0.986. The van der Waals surface area contributed by atoms with Crippen LogP contribution in [0.25, 0.3) is 21.9 Å². The van der Waals surface area contributed by atoms with Gasteiger partial charge in [0.25, 0.3) is 0 Å². The van der Waals surface area contributed by atoms with E-state index in [4.69, 9.17) is 0 Å². The molecule has 2 aromatic heterocycles. The molecule has 0 aliphatic carbocycles. The molecule has 3 heteroatoms. The molecule has 0 unspecified atom stereocenters.